The zero-order chi connectivity index (χ0) is 18.1. The molecular formula is C21H25Cl3N4. The van der Waals surface area contributed by atoms with Crippen LogP contribution in [-0.2, 0) is 0 Å². The van der Waals surface area contributed by atoms with Gasteiger partial charge in [0, 0.05) is 37.6 Å². The Kier molecular flexibility index (Phi) is 7.93. The summed E-state index contributed by atoms with van der Waals surface area (Å²) < 4.78 is 0. The fourth-order valence-electron chi connectivity index (χ4n) is 3.42. The van der Waals surface area contributed by atoms with Crippen LogP contribution in [-0.4, -0.2) is 31.2 Å². The number of hydrogen-bond acceptors (Lipinski definition) is 4. The number of nitrogens with two attached hydrogens (primary N) is 1. The van der Waals surface area contributed by atoms with Crippen molar-refractivity contribution in [2.45, 2.75) is 13.0 Å². The Morgan fingerprint density at radius 2 is 1.75 bits per heavy atom. The molecule has 1 aliphatic rings. The number of fused-ring (bicyclic) bond motifs is 1. The number of nitrogens with one attached hydrogen (secondary N) is 1. The Bertz CT molecular complexity index is 940. The molecule has 28 heavy (non-hydrogen) atoms. The quantitative estimate of drug-likeness (QED) is 0.614. The van der Waals surface area contributed by atoms with E-state index in [0.717, 1.165) is 59.6 Å². The van der Waals surface area contributed by atoms with Crippen molar-refractivity contribution in [3.63, 3.8) is 0 Å². The van der Waals surface area contributed by atoms with Gasteiger partial charge in [0.1, 0.15) is 5.82 Å². The third-order valence-corrected chi connectivity index (χ3v) is 5.19. The first-order valence-electron chi connectivity index (χ1n) is 9.04. The van der Waals surface area contributed by atoms with Crippen LogP contribution in [0, 0.1) is 0 Å². The predicted molar refractivity (Wildman–Crippen MR) is 124 cm³/mol. The standard InChI is InChI=1S/C21H23ClN4.2ClH/c1-14(23)15-3-2-4-16(11-15)17-5-6-20-18(12-17)13-19(22)21(25-20)26-9-7-24-8-10-26;;/h2-6,11-14,24H,7-10,23H2,1H3;2*1H/t14-;;/m0../s1. The first-order valence-corrected chi connectivity index (χ1v) is 9.41. The van der Waals surface area contributed by atoms with E-state index in [9.17, 15) is 0 Å². The van der Waals surface area contributed by atoms with E-state index in [1.54, 1.807) is 0 Å². The molecule has 1 fully saturated rings. The number of hydrogen-bond donors (Lipinski definition) is 2. The van der Waals surface area contributed by atoms with Crippen molar-refractivity contribution < 1.29 is 0 Å². The minimum atomic E-state index is 0. The molecule has 2 aromatic carbocycles. The molecule has 0 bridgehead atoms. The predicted octanol–water partition coefficient (Wildman–Crippen LogP) is 4.83. The van der Waals surface area contributed by atoms with Crippen LogP contribution in [0.1, 0.15) is 18.5 Å². The van der Waals surface area contributed by atoms with Gasteiger partial charge in [-0.2, -0.15) is 0 Å². The second kappa shape index (κ2) is 9.77. The molecule has 1 saturated heterocycles. The first-order chi connectivity index (χ1) is 12.6. The fraction of sp³-hybridized carbons (Fsp3) is 0.286. The highest BCUT2D eigenvalue weighted by atomic mass is 35.5. The van der Waals surface area contributed by atoms with Gasteiger partial charge in [-0.15, -0.1) is 24.8 Å². The van der Waals surface area contributed by atoms with Gasteiger partial charge in [0.25, 0.3) is 0 Å². The van der Waals surface area contributed by atoms with Crippen molar-refractivity contribution in [2.75, 3.05) is 31.1 Å². The van der Waals surface area contributed by atoms with E-state index in [4.69, 9.17) is 22.3 Å². The van der Waals surface area contributed by atoms with Crippen LogP contribution in [0.2, 0.25) is 5.02 Å². The number of anilines is 1. The van der Waals surface area contributed by atoms with E-state index in [-0.39, 0.29) is 30.9 Å². The molecule has 7 heteroatoms. The molecule has 0 radical (unpaired) electrons. The fourth-order valence-corrected chi connectivity index (χ4v) is 3.70. The maximum atomic E-state index is 6.56. The summed E-state index contributed by atoms with van der Waals surface area (Å²) >= 11 is 6.56. The van der Waals surface area contributed by atoms with Crippen LogP contribution in [0.3, 0.4) is 0 Å². The van der Waals surface area contributed by atoms with Crippen LogP contribution >= 0.6 is 36.4 Å². The molecule has 4 rings (SSSR count). The maximum Gasteiger partial charge on any atom is 0.148 e. The van der Waals surface area contributed by atoms with Crippen LogP contribution < -0.4 is 16.0 Å². The number of nitrogens with zero attached hydrogens (tertiary/aromatic N) is 2. The molecule has 2 heterocycles. The molecule has 1 aliphatic heterocycles. The first kappa shape index (κ1) is 22.7. The van der Waals surface area contributed by atoms with Crippen LogP contribution in [0.25, 0.3) is 22.0 Å². The lowest BCUT2D eigenvalue weighted by atomic mass is 9.99. The van der Waals surface area contributed by atoms with Gasteiger partial charge in [-0.25, -0.2) is 4.98 Å². The summed E-state index contributed by atoms with van der Waals surface area (Å²) in [7, 11) is 0. The van der Waals surface area contributed by atoms with E-state index < -0.39 is 0 Å². The lowest BCUT2D eigenvalue weighted by molar-refractivity contribution is 0.585. The number of aromatic nitrogens is 1. The average molecular weight is 440 g/mol. The zero-order valence-corrected chi connectivity index (χ0v) is 18.1. The molecule has 0 spiro atoms. The topological polar surface area (TPSA) is 54.2 Å². The highest BCUT2D eigenvalue weighted by Crippen LogP contribution is 2.31. The Balaban J connectivity index is 0.00000140. The largest absolute Gasteiger partial charge is 0.353 e. The van der Waals surface area contributed by atoms with Gasteiger partial charge in [-0.3, -0.25) is 0 Å². The van der Waals surface area contributed by atoms with Crippen molar-refractivity contribution in [3.05, 3.63) is 59.1 Å². The third-order valence-electron chi connectivity index (χ3n) is 4.91. The van der Waals surface area contributed by atoms with Crippen molar-refractivity contribution in [3.8, 4) is 11.1 Å². The monoisotopic (exact) mass is 438 g/mol. The number of pyridine rings is 1. The minimum absolute atomic E-state index is 0. The van der Waals surface area contributed by atoms with Gasteiger partial charge in [-0.05, 0) is 47.9 Å². The van der Waals surface area contributed by atoms with Crippen molar-refractivity contribution in [1.82, 2.24) is 10.3 Å². The third kappa shape index (κ3) is 4.70. The van der Waals surface area contributed by atoms with Gasteiger partial charge >= 0.3 is 0 Å². The number of benzene rings is 2. The normalized spacial score (nSPS) is 14.9. The molecule has 0 saturated carbocycles. The lowest BCUT2D eigenvalue weighted by Gasteiger charge is -2.29. The van der Waals surface area contributed by atoms with E-state index in [2.05, 4.69) is 52.7 Å². The molecule has 3 N–H and O–H groups in total. The minimum Gasteiger partial charge on any atom is -0.353 e. The van der Waals surface area contributed by atoms with Crippen molar-refractivity contribution >= 4 is 53.1 Å². The van der Waals surface area contributed by atoms with Crippen molar-refractivity contribution in [1.29, 1.82) is 0 Å². The van der Waals surface area contributed by atoms with Gasteiger partial charge in [0.15, 0.2) is 0 Å². The molecule has 0 amide bonds. The molecule has 150 valence electrons. The van der Waals surface area contributed by atoms with E-state index in [1.807, 2.05) is 13.0 Å². The van der Waals surface area contributed by atoms with Gasteiger partial charge in [0.05, 0.1) is 10.5 Å². The summed E-state index contributed by atoms with van der Waals surface area (Å²) in [6.45, 7) is 5.79. The lowest BCUT2D eigenvalue weighted by Crippen LogP contribution is -2.44. The highest BCUT2D eigenvalue weighted by Gasteiger charge is 2.16. The molecule has 0 aliphatic carbocycles. The number of piperazine rings is 1. The maximum absolute atomic E-state index is 6.56. The van der Waals surface area contributed by atoms with E-state index in [0.29, 0.717) is 5.02 Å². The summed E-state index contributed by atoms with van der Waals surface area (Å²) in [5, 5.41) is 5.12. The SMILES string of the molecule is C[C@H](N)c1cccc(-c2ccc3nc(N4CCNCC4)c(Cl)cc3c2)c1.Cl.Cl. The van der Waals surface area contributed by atoms with Gasteiger partial charge in [0.2, 0.25) is 0 Å². The van der Waals surface area contributed by atoms with Gasteiger partial charge in [-0.1, -0.05) is 35.9 Å². The molecule has 1 aromatic heterocycles. The van der Waals surface area contributed by atoms with Crippen molar-refractivity contribution in [2.24, 2.45) is 5.73 Å². The molecule has 4 nitrogen and oxygen atoms in total. The Morgan fingerprint density at radius 3 is 2.46 bits per heavy atom. The summed E-state index contributed by atoms with van der Waals surface area (Å²) in [5.41, 5.74) is 10.4. The van der Waals surface area contributed by atoms with E-state index >= 15 is 0 Å². The molecular weight excluding hydrogens is 415 g/mol. The number of halogens is 3. The second-order valence-corrected chi connectivity index (χ2v) is 7.26. The highest BCUT2D eigenvalue weighted by molar-refractivity contribution is 6.33. The van der Waals surface area contributed by atoms with Gasteiger partial charge < -0.3 is 16.0 Å². The molecule has 1 atom stereocenters. The van der Waals surface area contributed by atoms with Crippen LogP contribution in [0.5, 0.6) is 0 Å². The molecule has 3 aromatic rings. The Hall–Kier alpha value is -1.56. The summed E-state index contributed by atoms with van der Waals surface area (Å²) in [4.78, 5) is 7.07. The second-order valence-electron chi connectivity index (χ2n) is 6.85. The summed E-state index contributed by atoms with van der Waals surface area (Å²) in [5.74, 6) is 0.882. The number of rotatable bonds is 3. The molecule has 0 unspecified atom stereocenters. The van der Waals surface area contributed by atoms with E-state index in [1.165, 1.54) is 0 Å². The Labute approximate surface area is 183 Å². The summed E-state index contributed by atoms with van der Waals surface area (Å²) in [6, 6.07) is 16.8. The summed E-state index contributed by atoms with van der Waals surface area (Å²) in [6.07, 6.45) is 0. The average Bonchev–Trinajstić information content (AvgIpc) is 2.67. The zero-order valence-electron chi connectivity index (χ0n) is 15.7. The van der Waals surface area contributed by atoms with Crippen LogP contribution in [0.4, 0.5) is 5.82 Å². The smallest absolute Gasteiger partial charge is 0.148 e. The Morgan fingerprint density at radius 1 is 1.04 bits per heavy atom. The van der Waals surface area contributed by atoms with Crippen LogP contribution in [0.15, 0.2) is 48.5 Å².